The second-order valence-electron chi connectivity index (χ2n) is 6.34. The number of primary amides is 1. The first-order valence-corrected chi connectivity index (χ1v) is 8.89. The average Bonchev–Trinajstić information content (AvgIpc) is 2.75. The van der Waals surface area contributed by atoms with Crippen molar-refractivity contribution in [3.63, 3.8) is 0 Å². The molecular weight excluding hydrogens is 348 g/mol. The quantitative estimate of drug-likeness (QED) is 0.547. The number of aliphatic imine (C=N–C) groups is 1. The summed E-state index contributed by atoms with van der Waals surface area (Å²) in [6, 6.07) is 20.5. The maximum atomic E-state index is 12.4. The van der Waals surface area contributed by atoms with Gasteiger partial charge < -0.3 is 5.73 Å². The van der Waals surface area contributed by atoms with E-state index in [1.807, 2.05) is 66.7 Å². The number of carbonyl (C=O) groups excluding carboxylic acids is 1. The summed E-state index contributed by atoms with van der Waals surface area (Å²) in [7, 11) is 0. The van der Waals surface area contributed by atoms with Gasteiger partial charge in [0.2, 0.25) is 5.91 Å². The summed E-state index contributed by atoms with van der Waals surface area (Å²) in [6.45, 7) is 0. The molecule has 1 atom stereocenters. The number of amides is 1. The van der Waals surface area contributed by atoms with Gasteiger partial charge in [0.15, 0.2) is 6.04 Å². The molecule has 28 heavy (non-hydrogen) atoms. The fourth-order valence-electron chi connectivity index (χ4n) is 3.18. The monoisotopic (exact) mass is 366 g/mol. The number of benzene rings is 2. The van der Waals surface area contributed by atoms with E-state index in [1.165, 1.54) is 0 Å². The fourth-order valence-corrected chi connectivity index (χ4v) is 3.18. The SMILES string of the molecule is NC(=O)C(N=C(c1ccccc1)c1ccccc1)c1cncc2cnccc12. The minimum atomic E-state index is -0.867. The number of nitrogens with zero attached hydrogens (tertiary/aromatic N) is 3. The van der Waals surface area contributed by atoms with Crippen molar-refractivity contribution in [3.05, 3.63) is 108 Å². The van der Waals surface area contributed by atoms with Crippen LogP contribution in [0.15, 0.2) is 96.5 Å². The third-order valence-corrected chi connectivity index (χ3v) is 4.51. The van der Waals surface area contributed by atoms with Crippen LogP contribution in [0.2, 0.25) is 0 Å². The molecule has 0 saturated carbocycles. The first kappa shape index (κ1) is 17.5. The molecule has 0 spiro atoms. The summed E-state index contributed by atoms with van der Waals surface area (Å²) in [5.41, 5.74) is 8.97. The Kier molecular flexibility index (Phi) is 4.89. The first-order chi connectivity index (χ1) is 13.7. The van der Waals surface area contributed by atoms with E-state index in [1.54, 1.807) is 24.8 Å². The lowest BCUT2D eigenvalue weighted by Crippen LogP contribution is -2.22. The van der Waals surface area contributed by atoms with Crippen LogP contribution < -0.4 is 5.73 Å². The Morgan fingerprint density at radius 1 is 0.821 bits per heavy atom. The number of aromatic nitrogens is 2. The van der Waals surface area contributed by atoms with E-state index in [0.717, 1.165) is 21.9 Å². The fraction of sp³-hybridized carbons (Fsp3) is 0.0435. The highest BCUT2D eigenvalue weighted by Gasteiger charge is 2.21. The Balaban J connectivity index is 1.92. The van der Waals surface area contributed by atoms with Crippen molar-refractivity contribution in [3.8, 4) is 0 Å². The standard InChI is InChI=1S/C23H18N4O/c24-23(28)22(20-15-26-14-18-13-25-12-11-19(18)20)27-21(16-7-3-1-4-8-16)17-9-5-2-6-10-17/h1-15,22H,(H2,24,28). The zero-order valence-corrected chi connectivity index (χ0v) is 15.1. The van der Waals surface area contributed by atoms with Crippen molar-refractivity contribution in [2.75, 3.05) is 0 Å². The minimum Gasteiger partial charge on any atom is -0.368 e. The first-order valence-electron chi connectivity index (χ1n) is 8.89. The van der Waals surface area contributed by atoms with Gasteiger partial charge in [0.05, 0.1) is 5.71 Å². The van der Waals surface area contributed by atoms with E-state index in [-0.39, 0.29) is 0 Å². The van der Waals surface area contributed by atoms with Crippen molar-refractivity contribution < 1.29 is 4.79 Å². The second-order valence-corrected chi connectivity index (χ2v) is 6.34. The Labute approximate surface area is 162 Å². The molecular formula is C23H18N4O. The van der Waals surface area contributed by atoms with Crippen molar-refractivity contribution in [1.29, 1.82) is 0 Å². The van der Waals surface area contributed by atoms with E-state index >= 15 is 0 Å². The Morgan fingerprint density at radius 2 is 1.43 bits per heavy atom. The lowest BCUT2D eigenvalue weighted by atomic mass is 9.99. The lowest BCUT2D eigenvalue weighted by Gasteiger charge is -2.15. The highest BCUT2D eigenvalue weighted by atomic mass is 16.1. The van der Waals surface area contributed by atoms with Gasteiger partial charge in [-0.05, 0) is 11.5 Å². The maximum absolute atomic E-state index is 12.4. The molecule has 0 aliphatic heterocycles. The van der Waals surface area contributed by atoms with Gasteiger partial charge in [-0.15, -0.1) is 0 Å². The summed E-state index contributed by atoms with van der Waals surface area (Å²) >= 11 is 0. The third-order valence-electron chi connectivity index (χ3n) is 4.51. The van der Waals surface area contributed by atoms with Crippen molar-refractivity contribution in [1.82, 2.24) is 9.97 Å². The van der Waals surface area contributed by atoms with Crippen LogP contribution >= 0.6 is 0 Å². The molecule has 1 amide bonds. The third kappa shape index (κ3) is 3.50. The van der Waals surface area contributed by atoms with Crippen molar-refractivity contribution >= 4 is 22.4 Å². The van der Waals surface area contributed by atoms with Gasteiger partial charge in [-0.3, -0.25) is 19.8 Å². The second kappa shape index (κ2) is 7.80. The molecule has 4 aromatic rings. The van der Waals surface area contributed by atoms with Gasteiger partial charge in [0.1, 0.15) is 0 Å². The predicted molar refractivity (Wildman–Crippen MR) is 110 cm³/mol. The van der Waals surface area contributed by atoms with Crippen LogP contribution in [-0.4, -0.2) is 21.6 Å². The van der Waals surface area contributed by atoms with E-state index in [0.29, 0.717) is 11.3 Å². The van der Waals surface area contributed by atoms with Crippen molar-refractivity contribution in [2.24, 2.45) is 10.7 Å². The van der Waals surface area contributed by atoms with Gasteiger partial charge in [0.25, 0.3) is 0 Å². The topological polar surface area (TPSA) is 81.2 Å². The minimum absolute atomic E-state index is 0.532. The average molecular weight is 366 g/mol. The molecule has 1 unspecified atom stereocenters. The number of fused-ring (bicyclic) bond motifs is 1. The molecule has 5 heteroatoms. The van der Waals surface area contributed by atoms with Crippen LogP contribution in [0, 0.1) is 0 Å². The Morgan fingerprint density at radius 3 is 2.04 bits per heavy atom. The van der Waals surface area contributed by atoms with Gasteiger partial charge >= 0.3 is 0 Å². The van der Waals surface area contributed by atoms with Crippen LogP contribution in [0.3, 0.4) is 0 Å². The summed E-state index contributed by atoms with van der Waals surface area (Å²) in [5, 5.41) is 1.69. The van der Waals surface area contributed by atoms with E-state index in [9.17, 15) is 4.79 Å². The van der Waals surface area contributed by atoms with Crippen LogP contribution in [0.25, 0.3) is 10.8 Å². The molecule has 136 valence electrons. The molecule has 0 bridgehead atoms. The number of rotatable bonds is 5. The van der Waals surface area contributed by atoms with E-state index in [2.05, 4.69) is 9.97 Å². The highest BCUT2D eigenvalue weighted by Crippen LogP contribution is 2.27. The molecule has 0 saturated heterocycles. The van der Waals surface area contributed by atoms with Crippen LogP contribution in [0.4, 0.5) is 0 Å². The molecule has 4 rings (SSSR count). The molecule has 2 heterocycles. The smallest absolute Gasteiger partial charge is 0.246 e. The number of hydrogen-bond acceptors (Lipinski definition) is 4. The Hall–Kier alpha value is -3.86. The summed E-state index contributed by atoms with van der Waals surface area (Å²) in [5.74, 6) is -0.532. The molecule has 0 aliphatic rings. The van der Waals surface area contributed by atoms with E-state index < -0.39 is 11.9 Å². The lowest BCUT2D eigenvalue weighted by molar-refractivity contribution is -0.119. The Bertz CT molecular complexity index is 1090. The van der Waals surface area contributed by atoms with Crippen LogP contribution in [0.5, 0.6) is 0 Å². The maximum Gasteiger partial charge on any atom is 0.246 e. The van der Waals surface area contributed by atoms with Gasteiger partial charge in [0, 0.05) is 46.9 Å². The normalized spacial score (nSPS) is 11.7. The number of pyridine rings is 2. The molecule has 0 radical (unpaired) electrons. The predicted octanol–water partition coefficient (Wildman–Crippen LogP) is 3.69. The number of hydrogen-bond donors (Lipinski definition) is 1. The molecule has 2 aromatic carbocycles. The zero-order chi connectivity index (χ0) is 19.3. The van der Waals surface area contributed by atoms with Crippen LogP contribution in [-0.2, 0) is 4.79 Å². The molecule has 2 N–H and O–H groups in total. The highest BCUT2D eigenvalue weighted by molar-refractivity contribution is 6.13. The number of carbonyl (C=O) groups is 1. The molecule has 0 aliphatic carbocycles. The van der Waals surface area contributed by atoms with Gasteiger partial charge in [-0.1, -0.05) is 60.7 Å². The zero-order valence-electron chi connectivity index (χ0n) is 15.1. The number of nitrogens with two attached hydrogens (primary N) is 1. The molecule has 2 aromatic heterocycles. The van der Waals surface area contributed by atoms with E-state index in [4.69, 9.17) is 10.7 Å². The van der Waals surface area contributed by atoms with Gasteiger partial charge in [-0.2, -0.15) is 0 Å². The summed E-state index contributed by atoms with van der Waals surface area (Å²) in [6.07, 6.45) is 6.75. The largest absolute Gasteiger partial charge is 0.368 e. The molecule has 0 fully saturated rings. The summed E-state index contributed by atoms with van der Waals surface area (Å²) in [4.78, 5) is 25.6. The van der Waals surface area contributed by atoms with Crippen LogP contribution in [0.1, 0.15) is 22.7 Å². The summed E-state index contributed by atoms with van der Waals surface area (Å²) < 4.78 is 0. The van der Waals surface area contributed by atoms with Crippen molar-refractivity contribution in [2.45, 2.75) is 6.04 Å². The van der Waals surface area contributed by atoms with Gasteiger partial charge in [-0.25, -0.2) is 0 Å². The molecule has 5 nitrogen and oxygen atoms in total.